The minimum atomic E-state index is -0.136. The highest BCUT2D eigenvalue weighted by molar-refractivity contribution is 7.99. The number of para-hydroxylation sites is 1. The summed E-state index contributed by atoms with van der Waals surface area (Å²) in [6, 6.07) is 29.3. The van der Waals surface area contributed by atoms with E-state index in [0.717, 1.165) is 38.8 Å². The highest BCUT2D eigenvalue weighted by Crippen LogP contribution is 2.37. The summed E-state index contributed by atoms with van der Waals surface area (Å²) in [4.78, 5) is 34.5. The molecule has 8 heteroatoms. The second kappa shape index (κ2) is 12.1. The minimum Gasteiger partial charge on any atom is -0.494 e. The number of hydrogen-bond acceptors (Lipinski definition) is 6. The fourth-order valence-electron chi connectivity index (χ4n) is 5.51. The zero-order chi connectivity index (χ0) is 30.1. The first-order valence-electron chi connectivity index (χ1n) is 14.1. The number of thioether (sulfide) groups is 1. The molecule has 43 heavy (non-hydrogen) atoms. The van der Waals surface area contributed by atoms with Gasteiger partial charge in [-0.1, -0.05) is 60.3 Å². The first kappa shape index (κ1) is 28.7. The van der Waals surface area contributed by atoms with Crippen molar-refractivity contribution in [2.75, 3.05) is 12.4 Å². The van der Waals surface area contributed by atoms with Gasteiger partial charge >= 0.3 is 0 Å². The predicted octanol–water partition coefficient (Wildman–Crippen LogP) is 8.20. The third kappa shape index (κ3) is 5.44. The van der Waals surface area contributed by atoms with E-state index in [9.17, 15) is 9.59 Å². The van der Waals surface area contributed by atoms with E-state index in [1.165, 1.54) is 23.1 Å². The molecule has 6 rings (SSSR count). The Kier molecular flexibility index (Phi) is 8.06. The lowest BCUT2D eigenvalue weighted by molar-refractivity contribution is 0.102. The van der Waals surface area contributed by atoms with Crippen LogP contribution >= 0.6 is 23.1 Å². The molecule has 0 saturated heterocycles. The van der Waals surface area contributed by atoms with Crippen LogP contribution < -0.4 is 10.3 Å². The largest absolute Gasteiger partial charge is 0.494 e. The van der Waals surface area contributed by atoms with Crippen molar-refractivity contribution >= 4 is 39.1 Å². The van der Waals surface area contributed by atoms with Crippen molar-refractivity contribution in [3.05, 3.63) is 123 Å². The molecule has 3 aromatic carbocycles. The van der Waals surface area contributed by atoms with Crippen LogP contribution in [-0.4, -0.2) is 32.3 Å². The molecule has 0 radical (unpaired) electrons. The summed E-state index contributed by atoms with van der Waals surface area (Å²) >= 11 is 2.81. The van der Waals surface area contributed by atoms with Crippen molar-refractivity contribution in [2.45, 2.75) is 32.9 Å². The van der Waals surface area contributed by atoms with E-state index in [2.05, 4.69) is 4.57 Å². The van der Waals surface area contributed by atoms with Gasteiger partial charge in [0.05, 0.1) is 23.4 Å². The van der Waals surface area contributed by atoms with Crippen LogP contribution in [0.2, 0.25) is 0 Å². The zero-order valence-corrected chi connectivity index (χ0v) is 26.1. The molecule has 3 aromatic heterocycles. The van der Waals surface area contributed by atoms with Gasteiger partial charge in [0.15, 0.2) is 10.9 Å². The molecule has 0 bridgehead atoms. The van der Waals surface area contributed by atoms with Crippen LogP contribution in [0.5, 0.6) is 5.75 Å². The van der Waals surface area contributed by atoms with Crippen LogP contribution in [0.4, 0.5) is 0 Å². The van der Waals surface area contributed by atoms with E-state index in [0.29, 0.717) is 33.2 Å². The Labute approximate surface area is 258 Å². The lowest BCUT2D eigenvalue weighted by Crippen LogP contribution is -2.22. The maximum Gasteiger partial charge on any atom is 0.268 e. The van der Waals surface area contributed by atoms with Crippen molar-refractivity contribution in [2.24, 2.45) is 0 Å². The SMILES string of the molecule is CCOc1ccc(-n2c(C)cc(C(=O)CSc3nc4sc(C)c(-c5ccccc5)c4c(=O)n3-c3ccccc3)c2C)cc1. The number of carbonyl (C=O) groups is 1. The summed E-state index contributed by atoms with van der Waals surface area (Å²) in [7, 11) is 0. The molecule has 0 fully saturated rings. The van der Waals surface area contributed by atoms with Gasteiger partial charge in [0.1, 0.15) is 10.6 Å². The molecule has 0 spiro atoms. The van der Waals surface area contributed by atoms with Crippen molar-refractivity contribution in [3.63, 3.8) is 0 Å². The first-order chi connectivity index (χ1) is 20.9. The Morgan fingerprint density at radius 1 is 0.884 bits per heavy atom. The molecular formula is C35H31N3O3S2. The topological polar surface area (TPSA) is 66.1 Å². The molecule has 3 heterocycles. The second-order valence-electron chi connectivity index (χ2n) is 10.2. The molecule has 216 valence electrons. The van der Waals surface area contributed by atoms with Crippen LogP contribution in [0.25, 0.3) is 32.7 Å². The summed E-state index contributed by atoms with van der Waals surface area (Å²) in [5.74, 6) is 0.942. The van der Waals surface area contributed by atoms with Gasteiger partial charge in [0, 0.05) is 33.1 Å². The van der Waals surface area contributed by atoms with Crippen molar-refractivity contribution in [3.8, 4) is 28.3 Å². The summed E-state index contributed by atoms with van der Waals surface area (Å²) in [6.45, 7) is 8.56. The van der Waals surface area contributed by atoms with Gasteiger partial charge in [-0.2, -0.15) is 0 Å². The third-order valence-corrected chi connectivity index (χ3v) is 9.36. The molecule has 0 saturated carbocycles. The number of thiophene rings is 1. The maximum absolute atomic E-state index is 14.2. The summed E-state index contributed by atoms with van der Waals surface area (Å²) in [6.07, 6.45) is 0. The van der Waals surface area contributed by atoms with E-state index in [1.54, 1.807) is 4.57 Å². The number of aryl methyl sites for hydroxylation is 2. The van der Waals surface area contributed by atoms with Gasteiger partial charge in [-0.15, -0.1) is 11.3 Å². The van der Waals surface area contributed by atoms with Crippen LogP contribution in [0.15, 0.2) is 101 Å². The first-order valence-corrected chi connectivity index (χ1v) is 15.9. The highest BCUT2D eigenvalue weighted by Gasteiger charge is 2.23. The molecule has 0 atom stereocenters. The number of carbonyl (C=O) groups excluding carboxylic acids is 1. The number of ketones is 1. The molecule has 0 aliphatic rings. The Balaban J connectivity index is 1.37. The standard InChI is InChI=1S/C35H31N3O3S2/c1-5-41-28-18-16-27(17-19-28)37-22(2)20-29(23(37)3)30(39)21-42-35-36-33-32(34(40)38(35)26-14-10-7-11-15-26)31(24(4)43-33)25-12-8-6-9-13-25/h6-20H,5,21H2,1-4H3. The van der Waals surface area contributed by atoms with Crippen molar-refractivity contribution in [1.29, 1.82) is 0 Å². The molecule has 0 unspecified atom stereocenters. The number of nitrogens with zero attached hydrogens (tertiary/aromatic N) is 3. The van der Waals surface area contributed by atoms with Crippen LogP contribution in [0.3, 0.4) is 0 Å². The van der Waals surface area contributed by atoms with E-state index < -0.39 is 0 Å². The van der Waals surface area contributed by atoms with E-state index in [4.69, 9.17) is 9.72 Å². The normalized spacial score (nSPS) is 11.3. The lowest BCUT2D eigenvalue weighted by Gasteiger charge is -2.13. The van der Waals surface area contributed by atoms with Crippen LogP contribution in [-0.2, 0) is 0 Å². The molecule has 6 nitrogen and oxygen atoms in total. The number of benzene rings is 3. The van der Waals surface area contributed by atoms with Crippen LogP contribution in [0, 0.1) is 20.8 Å². The number of hydrogen-bond donors (Lipinski definition) is 0. The van der Waals surface area contributed by atoms with Crippen LogP contribution in [0.1, 0.15) is 33.5 Å². The van der Waals surface area contributed by atoms with Gasteiger partial charge in [-0.3, -0.25) is 14.2 Å². The summed E-state index contributed by atoms with van der Waals surface area (Å²) in [5.41, 5.74) is 5.96. The quantitative estimate of drug-likeness (QED) is 0.0944. The van der Waals surface area contributed by atoms with Gasteiger partial charge < -0.3 is 9.30 Å². The number of aromatic nitrogens is 3. The van der Waals surface area contributed by atoms with Crippen molar-refractivity contribution in [1.82, 2.24) is 14.1 Å². The Bertz CT molecular complexity index is 1990. The molecule has 0 aliphatic carbocycles. The maximum atomic E-state index is 14.2. The second-order valence-corrected chi connectivity index (χ2v) is 12.4. The number of Topliss-reactive ketones (excluding diaryl/α,β-unsaturated/α-hetero) is 1. The average molecular weight is 606 g/mol. The Morgan fingerprint density at radius 3 is 2.21 bits per heavy atom. The number of rotatable bonds is 9. The van der Waals surface area contributed by atoms with Gasteiger partial charge in [-0.05, 0) is 75.7 Å². The summed E-state index contributed by atoms with van der Waals surface area (Å²) in [5, 5.41) is 1.10. The van der Waals surface area contributed by atoms with E-state index in [1.807, 2.05) is 119 Å². The molecule has 0 N–H and O–H groups in total. The average Bonchev–Trinajstić information content (AvgIpc) is 3.52. The lowest BCUT2D eigenvalue weighted by atomic mass is 10.0. The summed E-state index contributed by atoms with van der Waals surface area (Å²) < 4.78 is 9.31. The molecule has 0 aliphatic heterocycles. The molecule has 0 amide bonds. The van der Waals surface area contributed by atoms with Gasteiger partial charge in [-0.25, -0.2) is 4.98 Å². The fraction of sp³-hybridized carbons (Fsp3) is 0.171. The number of fused-ring (bicyclic) bond motifs is 1. The third-order valence-electron chi connectivity index (χ3n) is 7.42. The molecule has 6 aromatic rings. The van der Waals surface area contributed by atoms with E-state index in [-0.39, 0.29) is 17.1 Å². The predicted molar refractivity (Wildman–Crippen MR) is 177 cm³/mol. The highest BCUT2D eigenvalue weighted by atomic mass is 32.2. The zero-order valence-electron chi connectivity index (χ0n) is 24.5. The van der Waals surface area contributed by atoms with Crippen molar-refractivity contribution < 1.29 is 9.53 Å². The monoisotopic (exact) mass is 605 g/mol. The minimum absolute atomic E-state index is 0.0171. The van der Waals surface area contributed by atoms with Gasteiger partial charge in [0.25, 0.3) is 5.56 Å². The molecular weight excluding hydrogens is 575 g/mol. The Hall–Kier alpha value is -4.40. The number of ether oxygens (including phenoxy) is 1. The Morgan fingerprint density at radius 2 is 1.53 bits per heavy atom. The van der Waals surface area contributed by atoms with Gasteiger partial charge in [0.2, 0.25) is 0 Å². The fourth-order valence-corrected chi connectivity index (χ4v) is 7.49. The van der Waals surface area contributed by atoms with E-state index >= 15 is 0 Å². The smallest absolute Gasteiger partial charge is 0.268 e.